The van der Waals surface area contributed by atoms with Gasteiger partial charge in [0.2, 0.25) is 12.2 Å². The molecule has 0 amide bonds. The molecule has 0 saturated carbocycles. The second-order valence-corrected chi connectivity index (χ2v) is 0.992. The van der Waals surface area contributed by atoms with Gasteiger partial charge in [-0.1, -0.05) is 5.16 Å². The van der Waals surface area contributed by atoms with Gasteiger partial charge >= 0.3 is 0 Å². The van der Waals surface area contributed by atoms with Crippen molar-refractivity contribution in [2.24, 2.45) is 5.73 Å². The Morgan fingerprint density at radius 2 is 2.71 bits per heavy atom. The quantitative estimate of drug-likeness (QED) is 0.505. The molecule has 0 saturated heterocycles. The normalized spacial score (nSPS) is 9.29. The molecule has 0 bridgehead atoms. The predicted molar refractivity (Wildman–Crippen MR) is 21.0 cm³/mol. The molecule has 7 heavy (non-hydrogen) atoms. The van der Waals surface area contributed by atoms with Gasteiger partial charge in [0.15, 0.2) is 0 Å². The van der Waals surface area contributed by atoms with Crippen molar-refractivity contribution in [1.29, 1.82) is 0 Å². The van der Waals surface area contributed by atoms with Gasteiger partial charge in [0.1, 0.15) is 0 Å². The van der Waals surface area contributed by atoms with Crippen LogP contribution in [0.25, 0.3) is 0 Å². The van der Waals surface area contributed by atoms with Crippen LogP contribution >= 0.6 is 0 Å². The topological polar surface area (TPSA) is 64.9 Å². The van der Waals surface area contributed by atoms with Crippen LogP contribution in [0.5, 0.6) is 0 Å². The average molecular weight is 98.1 g/mol. The summed E-state index contributed by atoms with van der Waals surface area (Å²) < 4.78 is 4.44. The average Bonchev–Trinajstić information content (AvgIpc) is 2.14. The summed E-state index contributed by atoms with van der Waals surface area (Å²) in [7, 11) is 0. The van der Waals surface area contributed by atoms with Crippen LogP contribution < -0.4 is 5.73 Å². The van der Waals surface area contributed by atoms with E-state index in [-0.39, 0.29) is 6.54 Å². The summed E-state index contributed by atoms with van der Waals surface area (Å²) in [6.45, 7) is 0.288. The summed E-state index contributed by atoms with van der Waals surface area (Å²) in [4.78, 5) is 3.51. The van der Waals surface area contributed by atoms with E-state index in [2.05, 4.69) is 21.0 Å². The van der Waals surface area contributed by atoms with Crippen LogP contribution in [-0.2, 0) is 6.54 Å². The highest BCUT2D eigenvalue weighted by atomic mass is 16.5. The lowest BCUT2D eigenvalue weighted by molar-refractivity contribution is 0.378. The van der Waals surface area contributed by atoms with Crippen molar-refractivity contribution in [1.82, 2.24) is 10.1 Å². The lowest BCUT2D eigenvalue weighted by Gasteiger charge is -1.75. The van der Waals surface area contributed by atoms with Gasteiger partial charge in [-0.25, -0.2) is 0 Å². The third kappa shape index (κ3) is 0.747. The maximum atomic E-state index is 5.08. The molecule has 0 aliphatic rings. The smallest absolute Gasteiger partial charge is 0.243 e. The van der Waals surface area contributed by atoms with Gasteiger partial charge in [0, 0.05) is 0 Å². The summed E-state index contributed by atoms with van der Waals surface area (Å²) in [5.74, 6) is 0.417. The highest BCUT2D eigenvalue weighted by Gasteiger charge is 1.89. The van der Waals surface area contributed by atoms with Gasteiger partial charge < -0.3 is 10.3 Å². The maximum absolute atomic E-state index is 5.08. The fourth-order valence-electron chi connectivity index (χ4n) is 0.253. The van der Waals surface area contributed by atoms with Crippen molar-refractivity contribution >= 4 is 0 Å². The van der Waals surface area contributed by atoms with Crippen LogP contribution in [0.3, 0.4) is 0 Å². The van der Waals surface area contributed by atoms with Crippen molar-refractivity contribution in [2.45, 2.75) is 6.54 Å². The second kappa shape index (κ2) is 1.70. The summed E-state index contributed by atoms with van der Waals surface area (Å²) in [6.07, 6.45) is 2.23. The molecule has 2 N–H and O–H groups in total. The molecule has 1 rings (SSSR count). The Hall–Kier alpha value is -0.900. The Bertz CT molecular complexity index is 125. The first-order valence-corrected chi connectivity index (χ1v) is 1.82. The number of hydrogen-bond acceptors (Lipinski definition) is 4. The molecule has 0 unspecified atom stereocenters. The minimum Gasteiger partial charge on any atom is -0.337 e. The molecule has 1 aromatic rings. The zero-order chi connectivity index (χ0) is 5.11. The number of aromatic nitrogens is 2. The molecule has 1 radical (unpaired) electrons. The third-order valence-corrected chi connectivity index (χ3v) is 0.541. The van der Waals surface area contributed by atoms with Crippen LogP contribution in [-0.4, -0.2) is 10.1 Å². The fourth-order valence-corrected chi connectivity index (χ4v) is 0.253. The molecular weight excluding hydrogens is 94.1 g/mol. The predicted octanol–water partition coefficient (Wildman–Crippen LogP) is -0.672. The summed E-state index contributed by atoms with van der Waals surface area (Å²) >= 11 is 0. The van der Waals surface area contributed by atoms with E-state index in [1.54, 1.807) is 0 Å². The van der Waals surface area contributed by atoms with Crippen molar-refractivity contribution in [3.8, 4) is 0 Å². The van der Waals surface area contributed by atoms with E-state index in [0.29, 0.717) is 5.89 Å². The third-order valence-electron chi connectivity index (χ3n) is 0.541. The lowest BCUT2D eigenvalue weighted by Crippen LogP contribution is -1.94. The Balaban J connectivity index is 2.76. The molecule has 1 aromatic heterocycles. The number of rotatable bonds is 1. The molecular formula is C3H4N3O. The lowest BCUT2D eigenvalue weighted by atomic mass is 10.7. The van der Waals surface area contributed by atoms with Crippen LogP contribution in [0, 0.1) is 6.33 Å². The monoisotopic (exact) mass is 98.0 g/mol. The van der Waals surface area contributed by atoms with Gasteiger partial charge in [-0.15, -0.1) is 0 Å². The Labute approximate surface area is 40.3 Å². The minimum atomic E-state index is 0.288. The van der Waals surface area contributed by atoms with E-state index < -0.39 is 0 Å². The zero-order valence-electron chi connectivity index (χ0n) is 3.59. The SMILES string of the molecule is NCc1n[c]no1. The molecule has 0 aromatic carbocycles. The number of hydrogen-bond donors (Lipinski definition) is 1. The molecule has 0 fully saturated rings. The first kappa shape index (κ1) is 4.26. The summed E-state index contributed by atoms with van der Waals surface area (Å²) in [6, 6.07) is 0. The first-order valence-electron chi connectivity index (χ1n) is 1.82. The summed E-state index contributed by atoms with van der Waals surface area (Å²) in [5.41, 5.74) is 5.08. The van der Waals surface area contributed by atoms with Crippen molar-refractivity contribution < 1.29 is 4.52 Å². The van der Waals surface area contributed by atoms with Gasteiger partial charge in [0.05, 0.1) is 6.54 Å². The van der Waals surface area contributed by atoms with Crippen LogP contribution in [0.15, 0.2) is 4.52 Å². The van der Waals surface area contributed by atoms with Crippen molar-refractivity contribution in [3.63, 3.8) is 0 Å². The van der Waals surface area contributed by atoms with E-state index in [9.17, 15) is 0 Å². The molecule has 4 heteroatoms. The Morgan fingerprint density at radius 1 is 1.86 bits per heavy atom. The molecule has 37 valence electrons. The van der Waals surface area contributed by atoms with Crippen LogP contribution in [0.4, 0.5) is 0 Å². The Kier molecular flexibility index (Phi) is 1.04. The van der Waals surface area contributed by atoms with E-state index in [1.807, 2.05) is 0 Å². The second-order valence-electron chi connectivity index (χ2n) is 0.992. The Morgan fingerprint density at radius 3 is 3.00 bits per heavy atom. The van der Waals surface area contributed by atoms with Gasteiger partial charge in [0.25, 0.3) is 0 Å². The highest BCUT2D eigenvalue weighted by molar-refractivity contribution is 4.68. The van der Waals surface area contributed by atoms with E-state index in [4.69, 9.17) is 5.73 Å². The number of nitrogens with two attached hydrogens (primary N) is 1. The standard InChI is InChI=1S/C3H4N3O/c4-1-3-5-2-6-7-3/h1,4H2. The number of nitrogens with zero attached hydrogens (tertiary/aromatic N) is 2. The molecule has 0 spiro atoms. The molecule has 0 aliphatic heterocycles. The summed E-state index contributed by atoms with van der Waals surface area (Å²) in [5, 5.41) is 3.20. The highest BCUT2D eigenvalue weighted by Crippen LogP contribution is 1.83. The largest absolute Gasteiger partial charge is 0.337 e. The molecule has 0 atom stereocenters. The minimum absolute atomic E-state index is 0.288. The maximum Gasteiger partial charge on any atom is 0.243 e. The molecule has 0 aliphatic carbocycles. The van der Waals surface area contributed by atoms with Crippen LogP contribution in [0.2, 0.25) is 0 Å². The van der Waals surface area contributed by atoms with Crippen molar-refractivity contribution in [3.05, 3.63) is 12.2 Å². The van der Waals surface area contributed by atoms with E-state index >= 15 is 0 Å². The van der Waals surface area contributed by atoms with Crippen LogP contribution in [0.1, 0.15) is 5.89 Å². The molecule has 1 heterocycles. The van der Waals surface area contributed by atoms with E-state index in [0.717, 1.165) is 0 Å². The van der Waals surface area contributed by atoms with Gasteiger partial charge in [-0.2, -0.15) is 4.98 Å². The fraction of sp³-hybridized carbons (Fsp3) is 0.333. The first-order chi connectivity index (χ1) is 3.43. The van der Waals surface area contributed by atoms with Gasteiger partial charge in [-0.3, -0.25) is 0 Å². The van der Waals surface area contributed by atoms with E-state index in [1.165, 1.54) is 0 Å². The van der Waals surface area contributed by atoms with Gasteiger partial charge in [-0.05, 0) is 0 Å². The van der Waals surface area contributed by atoms with Crippen molar-refractivity contribution in [2.75, 3.05) is 0 Å². The zero-order valence-corrected chi connectivity index (χ0v) is 3.59. The molecule has 4 nitrogen and oxygen atoms in total.